The first-order chi connectivity index (χ1) is 9.22. The molecule has 2 rings (SSSR count). The molecule has 1 aliphatic heterocycles. The summed E-state index contributed by atoms with van der Waals surface area (Å²) < 4.78 is 5.01. The van der Waals surface area contributed by atoms with Crippen LogP contribution < -0.4 is 10.6 Å². The Morgan fingerprint density at radius 2 is 1.75 bits per heavy atom. The molecule has 2 fully saturated rings. The van der Waals surface area contributed by atoms with Crippen LogP contribution in [0.2, 0.25) is 0 Å². The van der Waals surface area contributed by atoms with Crippen molar-refractivity contribution in [2.24, 2.45) is 4.99 Å². The van der Waals surface area contributed by atoms with E-state index in [0.717, 1.165) is 31.9 Å². The lowest BCUT2D eigenvalue weighted by molar-refractivity contribution is 0.0963. The van der Waals surface area contributed by atoms with Crippen LogP contribution in [0, 0.1) is 0 Å². The molecule has 0 unspecified atom stereocenters. The molecule has 1 saturated heterocycles. The van der Waals surface area contributed by atoms with E-state index >= 15 is 0 Å². The first kappa shape index (κ1) is 17.3. The number of carbonyl (C=O) groups excluding carboxylic acids is 1. The lowest BCUT2D eigenvalue weighted by atomic mass is 10.1. The molecule has 0 atom stereocenters. The van der Waals surface area contributed by atoms with Crippen molar-refractivity contribution in [3.63, 3.8) is 0 Å². The minimum atomic E-state index is -0.193. The molecule has 1 heterocycles. The van der Waals surface area contributed by atoms with Crippen LogP contribution in [0.5, 0.6) is 0 Å². The van der Waals surface area contributed by atoms with E-state index in [9.17, 15) is 4.79 Å². The lowest BCUT2D eigenvalue weighted by Crippen LogP contribution is -2.50. The van der Waals surface area contributed by atoms with Gasteiger partial charge in [-0.3, -0.25) is 4.99 Å². The summed E-state index contributed by atoms with van der Waals surface area (Å²) in [6, 6.07) is 0.987. The molecule has 0 spiro atoms. The number of likely N-dealkylation sites (tertiary alicyclic amines) is 1. The third-order valence-corrected chi connectivity index (χ3v) is 3.50. The minimum Gasteiger partial charge on any atom is -0.450 e. The molecular formula is C13H25IN4O2. The molecule has 20 heavy (non-hydrogen) atoms. The average molecular weight is 396 g/mol. The highest BCUT2D eigenvalue weighted by Gasteiger charge is 2.26. The first-order valence-corrected chi connectivity index (χ1v) is 7.14. The summed E-state index contributed by atoms with van der Waals surface area (Å²) >= 11 is 0. The van der Waals surface area contributed by atoms with E-state index in [2.05, 4.69) is 15.6 Å². The van der Waals surface area contributed by atoms with Gasteiger partial charge in [-0.25, -0.2) is 4.79 Å². The number of hydrogen-bond acceptors (Lipinski definition) is 3. The molecule has 1 saturated carbocycles. The fraction of sp³-hybridized carbons (Fsp3) is 0.846. The summed E-state index contributed by atoms with van der Waals surface area (Å²) in [4.78, 5) is 17.6. The number of halogens is 1. The molecule has 0 bridgehead atoms. The number of rotatable bonds is 3. The van der Waals surface area contributed by atoms with Gasteiger partial charge in [0.1, 0.15) is 0 Å². The molecular weight excluding hydrogens is 371 g/mol. The van der Waals surface area contributed by atoms with Crippen molar-refractivity contribution in [2.75, 3.05) is 26.7 Å². The zero-order valence-electron chi connectivity index (χ0n) is 12.2. The Bertz CT molecular complexity index is 339. The second kappa shape index (κ2) is 8.53. The number of piperidine rings is 1. The molecule has 6 nitrogen and oxygen atoms in total. The maximum absolute atomic E-state index is 11.6. The summed E-state index contributed by atoms with van der Waals surface area (Å²) in [7, 11) is 1.80. The van der Waals surface area contributed by atoms with Crippen molar-refractivity contribution in [3.05, 3.63) is 0 Å². The molecule has 116 valence electrons. The summed E-state index contributed by atoms with van der Waals surface area (Å²) in [5, 5.41) is 6.80. The maximum Gasteiger partial charge on any atom is 0.409 e. The number of carbonyl (C=O) groups is 1. The quantitative estimate of drug-likeness (QED) is 0.432. The second-order valence-electron chi connectivity index (χ2n) is 5.10. The molecule has 0 radical (unpaired) electrons. The van der Waals surface area contributed by atoms with E-state index in [1.165, 1.54) is 12.8 Å². The predicted octanol–water partition coefficient (Wildman–Crippen LogP) is 1.55. The van der Waals surface area contributed by atoms with Crippen molar-refractivity contribution in [3.8, 4) is 0 Å². The zero-order chi connectivity index (χ0) is 13.7. The monoisotopic (exact) mass is 396 g/mol. The van der Waals surface area contributed by atoms with Crippen LogP contribution in [-0.4, -0.2) is 55.8 Å². The van der Waals surface area contributed by atoms with Crippen molar-refractivity contribution < 1.29 is 9.53 Å². The third-order valence-electron chi connectivity index (χ3n) is 3.50. The number of ether oxygens (including phenoxy) is 1. The van der Waals surface area contributed by atoms with Gasteiger partial charge in [0.2, 0.25) is 0 Å². The highest BCUT2D eigenvalue weighted by molar-refractivity contribution is 14.0. The van der Waals surface area contributed by atoms with Crippen LogP contribution >= 0.6 is 24.0 Å². The highest BCUT2D eigenvalue weighted by atomic mass is 127. The largest absolute Gasteiger partial charge is 0.450 e. The van der Waals surface area contributed by atoms with E-state index in [1.807, 2.05) is 6.92 Å². The van der Waals surface area contributed by atoms with Gasteiger partial charge in [0.25, 0.3) is 0 Å². The van der Waals surface area contributed by atoms with E-state index in [-0.39, 0.29) is 30.1 Å². The lowest BCUT2D eigenvalue weighted by Gasteiger charge is -2.32. The van der Waals surface area contributed by atoms with Gasteiger partial charge in [-0.1, -0.05) is 0 Å². The van der Waals surface area contributed by atoms with Gasteiger partial charge >= 0.3 is 6.09 Å². The van der Waals surface area contributed by atoms with Crippen LogP contribution in [0.15, 0.2) is 4.99 Å². The van der Waals surface area contributed by atoms with Gasteiger partial charge in [0.05, 0.1) is 6.61 Å². The zero-order valence-corrected chi connectivity index (χ0v) is 14.6. The fourth-order valence-electron chi connectivity index (χ4n) is 2.21. The van der Waals surface area contributed by atoms with Gasteiger partial charge in [0.15, 0.2) is 5.96 Å². The number of amides is 1. The van der Waals surface area contributed by atoms with Crippen molar-refractivity contribution in [1.29, 1.82) is 0 Å². The number of nitrogens with zero attached hydrogens (tertiary/aromatic N) is 2. The van der Waals surface area contributed by atoms with Gasteiger partial charge in [-0.05, 0) is 32.6 Å². The highest BCUT2D eigenvalue weighted by Crippen LogP contribution is 2.18. The summed E-state index contributed by atoms with van der Waals surface area (Å²) in [5.41, 5.74) is 0. The Hall–Kier alpha value is -0.730. The summed E-state index contributed by atoms with van der Waals surface area (Å²) in [5.74, 6) is 0.886. The second-order valence-corrected chi connectivity index (χ2v) is 5.10. The fourth-order valence-corrected chi connectivity index (χ4v) is 2.21. The minimum absolute atomic E-state index is 0. The topological polar surface area (TPSA) is 66.0 Å². The maximum atomic E-state index is 11.6. The summed E-state index contributed by atoms with van der Waals surface area (Å²) in [6.07, 6.45) is 4.15. The number of guanidine groups is 1. The van der Waals surface area contributed by atoms with E-state index < -0.39 is 0 Å². The van der Waals surface area contributed by atoms with Crippen LogP contribution in [0.1, 0.15) is 32.6 Å². The van der Waals surface area contributed by atoms with E-state index in [4.69, 9.17) is 4.74 Å². The Labute approximate surface area is 137 Å². The van der Waals surface area contributed by atoms with Gasteiger partial charge in [0, 0.05) is 32.2 Å². The molecule has 7 heteroatoms. The molecule has 1 amide bonds. The van der Waals surface area contributed by atoms with Crippen molar-refractivity contribution >= 4 is 36.0 Å². The Kier molecular flexibility index (Phi) is 7.39. The molecule has 0 aromatic heterocycles. The molecule has 2 N–H and O–H groups in total. The SMILES string of the molecule is CCOC(=O)N1CCC(NC(=NC)NC2CC2)CC1.I. The Morgan fingerprint density at radius 3 is 2.20 bits per heavy atom. The predicted molar refractivity (Wildman–Crippen MR) is 89.7 cm³/mol. The molecule has 2 aliphatic rings. The first-order valence-electron chi connectivity index (χ1n) is 7.14. The Balaban J connectivity index is 0.00000200. The number of nitrogens with one attached hydrogen (secondary N) is 2. The third kappa shape index (κ3) is 5.34. The van der Waals surface area contributed by atoms with Crippen molar-refractivity contribution in [1.82, 2.24) is 15.5 Å². The number of aliphatic imine (C=N–C) groups is 1. The standard InChI is InChI=1S/C13H24N4O2.HI/c1-3-19-13(18)17-8-6-11(7-9-17)16-12(14-2)15-10-4-5-10;/h10-11H,3-9H2,1-2H3,(H2,14,15,16);1H. The van der Waals surface area contributed by atoms with Crippen LogP contribution in [0.25, 0.3) is 0 Å². The van der Waals surface area contributed by atoms with Crippen LogP contribution in [0.3, 0.4) is 0 Å². The van der Waals surface area contributed by atoms with Gasteiger partial charge < -0.3 is 20.3 Å². The van der Waals surface area contributed by atoms with E-state index in [1.54, 1.807) is 11.9 Å². The van der Waals surface area contributed by atoms with Crippen LogP contribution in [0.4, 0.5) is 4.79 Å². The van der Waals surface area contributed by atoms with Gasteiger partial charge in [-0.15, -0.1) is 24.0 Å². The van der Waals surface area contributed by atoms with Crippen molar-refractivity contribution in [2.45, 2.75) is 44.7 Å². The molecule has 0 aromatic rings. The summed E-state index contributed by atoms with van der Waals surface area (Å²) in [6.45, 7) is 3.77. The van der Waals surface area contributed by atoms with Crippen LogP contribution in [-0.2, 0) is 4.74 Å². The average Bonchev–Trinajstić information content (AvgIpc) is 3.23. The Morgan fingerprint density at radius 1 is 1.20 bits per heavy atom. The van der Waals surface area contributed by atoms with Gasteiger partial charge in [-0.2, -0.15) is 0 Å². The smallest absolute Gasteiger partial charge is 0.409 e. The molecule has 0 aromatic carbocycles. The normalized spacial score (nSPS) is 20.1. The van der Waals surface area contributed by atoms with E-state index in [0.29, 0.717) is 18.7 Å². The number of hydrogen-bond donors (Lipinski definition) is 2. The molecule has 1 aliphatic carbocycles.